The van der Waals surface area contributed by atoms with Crippen LogP contribution >= 0.6 is 0 Å². The van der Waals surface area contributed by atoms with E-state index in [4.69, 9.17) is 5.11 Å². The highest BCUT2D eigenvalue weighted by molar-refractivity contribution is 5.86. The summed E-state index contributed by atoms with van der Waals surface area (Å²) in [5, 5.41) is 9.12. The predicted octanol–water partition coefficient (Wildman–Crippen LogP) is 2.43. The molecule has 88 valence electrons. The summed E-state index contributed by atoms with van der Waals surface area (Å²) in [4.78, 5) is 11.9. The van der Waals surface area contributed by atoms with E-state index in [-0.39, 0.29) is 12.4 Å². The first-order chi connectivity index (χ1) is 7.36. The van der Waals surface area contributed by atoms with E-state index >= 15 is 0 Å². The van der Waals surface area contributed by atoms with Crippen LogP contribution in [0.1, 0.15) is 30.5 Å². The Labute approximate surface area is 97.3 Å². The maximum Gasteiger partial charge on any atom is 0.145 e. The van der Waals surface area contributed by atoms with E-state index in [1.807, 2.05) is 25.1 Å². The molecule has 0 aromatic heterocycles. The fourth-order valence-electron chi connectivity index (χ4n) is 1.43. The number of benzene rings is 1. The Bertz CT molecular complexity index is 392. The highest BCUT2D eigenvalue weighted by Crippen LogP contribution is 2.19. The maximum absolute atomic E-state index is 11.9. The first kappa shape index (κ1) is 12.9. The van der Waals surface area contributed by atoms with Gasteiger partial charge >= 0.3 is 0 Å². The third-order valence-corrected chi connectivity index (χ3v) is 3.09. The molecule has 0 bridgehead atoms. The van der Waals surface area contributed by atoms with Crippen LogP contribution in [0.2, 0.25) is 0 Å². The van der Waals surface area contributed by atoms with Crippen LogP contribution < -0.4 is 0 Å². The molecule has 0 aliphatic heterocycles. The Balaban J connectivity index is 2.82. The molecule has 0 aliphatic carbocycles. The van der Waals surface area contributed by atoms with Gasteiger partial charge in [0.05, 0.1) is 6.61 Å². The Kier molecular flexibility index (Phi) is 3.87. The standard InChI is InChI=1S/C14H20O2/c1-10-5-6-12(7-11(10)2)8-13(16)14(3,4)9-15/h5-7,15H,8-9H2,1-4H3. The summed E-state index contributed by atoms with van der Waals surface area (Å²) >= 11 is 0. The Morgan fingerprint density at radius 2 is 1.88 bits per heavy atom. The number of Topliss-reactive ketones (excluding diaryl/α,β-unsaturated/α-hetero) is 1. The van der Waals surface area contributed by atoms with Gasteiger partial charge in [-0.1, -0.05) is 32.0 Å². The highest BCUT2D eigenvalue weighted by atomic mass is 16.3. The first-order valence-electron chi connectivity index (χ1n) is 5.57. The third-order valence-electron chi connectivity index (χ3n) is 3.09. The number of aliphatic hydroxyl groups excluding tert-OH is 1. The lowest BCUT2D eigenvalue weighted by molar-refractivity contribution is -0.128. The summed E-state index contributed by atoms with van der Waals surface area (Å²) in [6.45, 7) is 7.54. The van der Waals surface area contributed by atoms with Gasteiger partial charge in [-0.2, -0.15) is 0 Å². The number of carbonyl (C=O) groups is 1. The summed E-state index contributed by atoms with van der Waals surface area (Å²) in [6, 6.07) is 6.05. The van der Waals surface area contributed by atoms with Crippen molar-refractivity contribution in [2.75, 3.05) is 6.61 Å². The molecule has 0 saturated heterocycles. The van der Waals surface area contributed by atoms with Crippen LogP contribution in [0.3, 0.4) is 0 Å². The minimum Gasteiger partial charge on any atom is -0.395 e. The fraction of sp³-hybridized carbons (Fsp3) is 0.500. The first-order valence-corrected chi connectivity index (χ1v) is 5.57. The molecule has 1 aromatic carbocycles. The lowest BCUT2D eigenvalue weighted by Gasteiger charge is -2.19. The van der Waals surface area contributed by atoms with Gasteiger partial charge in [-0.05, 0) is 30.5 Å². The molecule has 0 unspecified atom stereocenters. The summed E-state index contributed by atoms with van der Waals surface area (Å²) < 4.78 is 0. The lowest BCUT2D eigenvalue weighted by atomic mass is 9.85. The van der Waals surface area contributed by atoms with Crippen LogP contribution in [-0.2, 0) is 11.2 Å². The average Bonchev–Trinajstić information content (AvgIpc) is 2.23. The van der Waals surface area contributed by atoms with Gasteiger partial charge in [-0.3, -0.25) is 4.79 Å². The monoisotopic (exact) mass is 220 g/mol. The summed E-state index contributed by atoms with van der Waals surface area (Å²) in [5.74, 6) is 0.0817. The van der Waals surface area contributed by atoms with Crippen molar-refractivity contribution in [3.05, 3.63) is 34.9 Å². The van der Waals surface area contributed by atoms with Crippen LogP contribution in [0.25, 0.3) is 0 Å². The SMILES string of the molecule is Cc1ccc(CC(=O)C(C)(C)CO)cc1C. The second kappa shape index (κ2) is 4.79. The number of rotatable bonds is 4. The molecule has 2 heteroatoms. The number of aryl methyl sites for hydroxylation is 2. The molecule has 1 rings (SSSR count). The number of aliphatic hydroxyl groups is 1. The zero-order valence-electron chi connectivity index (χ0n) is 10.5. The van der Waals surface area contributed by atoms with Crippen molar-refractivity contribution in [1.82, 2.24) is 0 Å². The van der Waals surface area contributed by atoms with Gasteiger partial charge < -0.3 is 5.11 Å². The zero-order chi connectivity index (χ0) is 12.3. The number of ketones is 1. The Morgan fingerprint density at radius 1 is 1.25 bits per heavy atom. The quantitative estimate of drug-likeness (QED) is 0.846. The minimum atomic E-state index is -0.640. The molecule has 0 fully saturated rings. The van der Waals surface area contributed by atoms with Gasteiger partial charge in [-0.15, -0.1) is 0 Å². The van der Waals surface area contributed by atoms with Gasteiger partial charge in [0.15, 0.2) is 0 Å². The van der Waals surface area contributed by atoms with Gasteiger partial charge in [0.1, 0.15) is 5.78 Å². The summed E-state index contributed by atoms with van der Waals surface area (Å²) in [7, 11) is 0. The number of carbonyl (C=O) groups excluding carboxylic acids is 1. The molecule has 16 heavy (non-hydrogen) atoms. The van der Waals surface area contributed by atoms with E-state index in [1.165, 1.54) is 11.1 Å². The van der Waals surface area contributed by atoms with Gasteiger partial charge in [0.2, 0.25) is 0 Å². The zero-order valence-corrected chi connectivity index (χ0v) is 10.5. The third kappa shape index (κ3) is 2.92. The summed E-state index contributed by atoms with van der Waals surface area (Å²) in [5.41, 5.74) is 2.82. The smallest absolute Gasteiger partial charge is 0.145 e. The molecule has 0 atom stereocenters. The van der Waals surface area contributed by atoms with Crippen LogP contribution in [-0.4, -0.2) is 17.5 Å². The molecule has 0 heterocycles. The largest absolute Gasteiger partial charge is 0.395 e. The van der Waals surface area contributed by atoms with Crippen LogP contribution in [0, 0.1) is 19.3 Å². The van der Waals surface area contributed by atoms with Gasteiger partial charge in [0, 0.05) is 11.8 Å². The van der Waals surface area contributed by atoms with Crippen molar-refractivity contribution in [2.24, 2.45) is 5.41 Å². The van der Waals surface area contributed by atoms with E-state index in [2.05, 4.69) is 6.92 Å². The lowest BCUT2D eigenvalue weighted by Crippen LogP contribution is -2.29. The topological polar surface area (TPSA) is 37.3 Å². The predicted molar refractivity (Wildman–Crippen MR) is 65.5 cm³/mol. The number of hydrogen-bond donors (Lipinski definition) is 1. The van der Waals surface area contributed by atoms with Crippen molar-refractivity contribution in [3.63, 3.8) is 0 Å². The maximum atomic E-state index is 11.9. The van der Waals surface area contributed by atoms with Crippen LogP contribution in [0.5, 0.6) is 0 Å². The molecule has 0 amide bonds. The normalized spacial score (nSPS) is 11.6. The molecular weight excluding hydrogens is 200 g/mol. The van der Waals surface area contributed by atoms with Gasteiger partial charge in [-0.25, -0.2) is 0 Å². The van der Waals surface area contributed by atoms with Crippen molar-refractivity contribution in [2.45, 2.75) is 34.1 Å². The second-order valence-electron chi connectivity index (χ2n) is 5.06. The van der Waals surface area contributed by atoms with E-state index in [0.29, 0.717) is 6.42 Å². The van der Waals surface area contributed by atoms with E-state index in [1.54, 1.807) is 13.8 Å². The average molecular weight is 220 g/mol. The molecule has 0 spiro atoms. The molecular formula is C14H20O2. The molecule has 1 N–H and O–H groups in total. The molecule has 0 saturated carbocycles. The molecule has 0 radical (unpaired) electrons. The second-order valence-corrected chi connectivity index (χ2v) is 5.06. The number of hydrogen-bond acceptors (Lipinski definition) is 2. The van der Waals surface area contributed by atoms with E-state index in [9.17, 15) is 4.79 Å². The van der Waals surface area contributed by atoms with Gasteiger partial charge in [0.25, 0.3) is 0 Å². The Morgan fingerprint density at radius 3 is 2.38 bits per heavy atom. The molecule has 2 nitrogen and oxygen atoms in total. The summed E-state index contributed by atoms with van der Waals surface area (Å²) in [6.07, 6.45) is 0.397. The van der Waals surface area contributed by atoms with Crippen molar-refractivity contribution < 1.29 is 9.90 Å². The Hall–Kier alpha value is -1.15. The van der Waals surface area contributed by atoms with Crippen molar-refractivity contribution in [1.29, 1.82) is 0 Å². The molecule has 0 aliphatic rings. The van der Waals surface area contributed by atoms with Crippen molar-refractivity contribution >= 4 is 5.78 Å². The minimum absolute atomic E-state index is 0.0817. The van der Waals surface area contributed by atoms with Crippen molar-refractivity contribution in [3.8, 4) is 0 Å². The van der Waals surface area contributed by atoms with E-state index < -0.39 is 5.41 Å². The molecule has 1 aromatic rings. The highest BCUT2D eigenvalue weighted by Gasteiger charge is 2.26. The van der Waals surface area contributed by atoms with Crippen LogP contribution in [0.15, 0.2) is 18.2 Å². The van der Waals surface area contributed by atoms with E-state index in [0.717, 1.165) is 5.56 Å². The fourth-order valence-corrected chi connectivity index (χ4v) is 1.43. The van der Waals surface area contributed by atoms with Crippen LogP contribution in [0.4, 0.5) is 0 Å².